The van der Waals surface area contributed by atoms with Gasteiger partial charge in [-0.25, -0.2) is 4.79 Å². The Labute approximate surface area is 151 Å². The number of amides is 3. The number of hydrogen-bond acceptors (Lipinski definition) is 4. The van der Waals surface area contributed by atoms with Crippen molar-refractivity contribution >= 4 is 23.5 Å². The second-order valence-corrected chi connectivity index (χ2v) is 7.29. The number of nitrogens with zero attached hydrogens (tertiary/aromatic N) is 2. The topological polar surface area (TPSA) is 97.7 Å². The SMILES string of the molecule is Cc1cc(CNC(=O)CN(N=N)C(=O)NC2(C3CC3)CC2)ccc1Cl. The van der Waals surface area contributed by atoms with Crippen LogP contribution in [0.4, 0.5) is 4.79 Å². The van der Waals surface area contributed by atoms with Crippen molar-refractivity contribution in [3.05, 3.63) is 34.3 Å². The molecule has 3 amide bonds. The monoisotopic (exact) mass is 363 g/mol. The minimum absolute atomic E-state index is 0.114. The molecule has 7 nitrogen and oxygen atoms in total. The number of rotatable bonds is 7. The molecular weight excluding hydrogens is 342 g/mol. The molecule has 134 valence electrons. The molecule has 0 saturated heterocycles. The zero-order valence-electron chi connectivity index (χ0n) is 14.1. The second kappa shape index (κ2) is 7.00. The average molecular weight is 364 g/mol. The summed E-state index contributed by atoms with van der Waals surface area (Å²) >= 11 is 5.98. The van der Waals surface area contributed by atoms with Gasteiger partial charge in [-0.2, -0.15) is 10.5 Å². The molecule has 2 fully saturated rings. The van der Waals surface area contributed by atoms with Gasteiger partial charge in [0.15, 0.2) is 0 Å². The van der Waals surface area contributed by atoms with Gasteiger partial charge in [-0.05, 0) is 55.7 Å². The van der Waals surface area contributed by atoms with Crippen molar-refractivity contribution in [3.63, 3.8) is 0 Å². The van der Waals surface area contributed by atoms with Gasteiger partial charge < -0.3 is 10.6 Å². The third kappa shape index (κ3) is 4.28. The molecule has 1 aromatic rings. The fourth-order valence-electron chi connectivity index (χ4n) is 3.05. The summed E-state index contributed by atoms with van der Waals surface area (Å²) in [4.78, 5) is 24.3. The molecule has 25 heavy (non-hydrogen) atoms. The number of carbonyl (C=O) groups is 2. The highest BCUT2D eigenvalue weighted by atomic mass is 35.5. The van der Waals surface area contributed by atoms with Crippen molar-refractivity contribution in [3.8, 4) is 0 Å². The van der Waals surface area contributed by atoms with Crippen molar-refractivity contribution in [1.29, 1.82) is 5.53 Å². The van der Waals surface area contributed by atoms with Gasteiger partial charge in [-0.3, -0.25) is 4.79 Å². The van der Waals surface area contributed by atoms with Gasteiger partial charge in [0.25, 0.3) is 0 Å². The molecule has 1 aromatic carbocycles. The number of urea groups is 1. The molecule has 3 N–H and O–H groups in total. The van der Waals surface area contributed by atoms with Crippen molar-refractivity contribution in [1.82, 2.24) is 15.6 Å². The highest BCUT2D eigenvalue weighted by molar-refractivity contribution is 6.31. The van der Waals surface area contributed by atoms with Gasteiger partial charge >= 0.3 is 6.03 Å². The molecule has 8 heteroatoms. The van der Waals surface area contributed by atoms with Crippen molar-refractivity contribution in [2.24, 2.45) is 11.1 Å². The first-order chi connectivity index (χ1) is 11.9. The van der Waals surface area contributed by atoms with E-state index in [4.69, 9.17) is 17.1 Å². The number of carbonyl (C=O) groups excluding carboxylic acids is 2. The summed E-state index contributed by atoms with van der Waals surface area (Å²) in [5.74, 6) is 0.182. The quantitative estimate of drug-likeness (QED) is 0.512. The summed E-state index contributed by atoms with van der Waals surface area (Å²) in [6.45, 7) is 1.95. The standard InChI is InChI=1S/C17H22ClN5O2/c1-11-8-12(2-5-14(11)18)9-20-15(24)10-23(22-19)16(25)21-17(6-7-17)13-3-4-13/h2,5,8,13,19H,3-4,6-7,9-10H2,1H3,(H,20,24)(H,21,25). The Morgan fingerprint density at radius 1 is 1.40 bits per heavy atom. The molecule has 0 atom stereocenters. The summed E-state index contributed by atoms with van der Waals surface area (Å²) in [5.41, 5.74) is 8.92. The summed E-state index contributed by atoms with van der Waals surface area (Å²) in [7, 11) is 0. The molecule has 0 aliphatic heterocycles. The number of aryl methyl sites for hydroxylation is 1. The normalized spacial score (nSPS) is 17.5. The first-order valence-corrected chi connectivity index (χ1v) is 8.80. The lowest BCUT2D eigenvalue weighted by molar-refractivity contribution is -0.122. The molecular formula is C17H22ClN5O2. The summed E-state index contributed by atoms with van der Waals surface area (Å²) < 4.78 is 0. The van der Waals surface area contributed by atoms with E-state index >= 15 is 0 Å². The summed E-state index contributed by atoms with van der Waals surface area (Å²) in [5, 5.41) is 10.4. The first kappa shape index (κ1) is 17.7. The van der Waals surface area contributed by atoms with Crippen LogP contribution in [-0.2, 0) is 11.3 Å². The smallest absolute Gasteiger partial charge is 0.340 e. The van der Waals surface area contributed by atoms with Crippen LogP contribution in [0.25, 0.3) is 0 Å². The first-order valence-electron chi connectivity index (χ1n) is 8.42. The maximum Gasteiger partial charge on any atom is 0.340 e. The third-order valence-electron chi connectivity index (χ3n) is 4.86. The molecule has 0 bridgehead atoms. The van der Waals surface area contributed by atoms with E-state index in [1.165, 1.54) is 0 Å². The van der Waals surface area contributed by atoms with Gasteiger partial charge in [0.1, 0.15) is 6.54 Å². The Kier molecular flexibility index (Phi) is 4.94. The fourth-order valence-corrected chi connectivity index (χ4v) is 3.16. The molecule has 0 radical (unpaired) electrons. The van der Waals surface area contributed by atoms with Crippen molar-refractivity contribution in [2.45, 2.75) is 44.7 Å². The highest BCUT2D eigenvalue weighted by Crippen LogP contribution is 2.53. The lowest BCUT2D eigenvalue weighted by Gasteiger charge is -2.21. The molecule has 3 rings (SSSR count). The Hall–Kier alpha value is -2.15. The lowest BCUT2D eigenvalue weighted by atomic mass is 10.1. The minimum Gasteiger partial charge on any atom is -0.350 e. The van der Waals surface area contributed by atoms with Gasteiger partial charge in [-0.15, -0.1) is 0 Å². The molecule has 2 aliphatic carbocycles. The molecule has 2 aliphatic rings. The van der Waals surface area contributed by atoms with E-state index in [9.17, 15) is 9.59 Å². The predicted molar refractivity (Wildman–Crippen MR) is 93.1 cm³/mol. The molecule has 0 unspecified atom stereocenters. The van der Waals surface area contributed by atoms with Crippen LogP contribution in [-0.4, -0.2) is 29.0 Å². The van der Waals surface area contributed by atoms with E-state index in [1.807, 2.05) is 19.1 Å². The van der Waals surface area contributed by atoms with Crippen LogP contribution in [0.1, 0.15) is 36.8 Å². The zero-order chi connectivity index (χ0) is 18.0. The Morgan fingerprint density at radius 3 is 2.68 bits per heavy atom. The lowest BCUT2D eigenvalue weighted by Crippen LogP contribution is -2.47. The molecule has 0 heterocycles. The molecule has 0 aromatic heterocycles. The van der Waals surface area contributed by atoms with Crippen LogP contribution < -0.4 is 10.6 Å². The van der Waals surface area contributed by atoms with Crippen LogP contribution in [0.2, 0.25) is 5.02 Å². The van der Waals surface area contributed by atoms with E-state index in [0.717, 1.165) is 41.8 Å². The summed E-state index contributed by atoms with van der Waals surface area (Å²) in [6, 6.07) is 5.04. The largest absolute Gasteiger partial charge is 0.350 e. The Balaban J connectivity index is 1.48. The van der Waals surface area contributed by atoms with Crippen LogP contribution in [0, 0.1) is 18.4 Å². The summed E-state index contributed by atoms with van der Waals surface area (Å²) in [6.07, 6.45) is 4.22. The number of nitrogens with one attached hydrogen (secondary N) is 3. The molecule has 2 saturated carbocycles. The van der Waals surface area contributed by atoms with E-state index < -0.39 is 6.03 Å². The number of halogens is 1. The third-order valence-corrected chi connectivity index (χ3v) is 5.29. The van der Waals surface area contributed by atoms with Crippen molar-refractivity contribution < 1.29 is 9.59 Å². The van der Waals surface area contributed by atoms with E-state index in [0.29, 0.717) is 17.5 Å². The van der Waals surface area contributed by atoms with Crippen LogP contribution >= 0.6 is 11.6 Å². The Morgan fingerprint density at radius 2 is 2.12 bits per heavy atom. The Bertz CT molecular complexity index is 700. The van der Waals surface area contributed by atoms with Crippen LogP contribution in [0.3, 0.4) is 0 Å². The second-order valence-electron chi connectivity index (χ2n) is 6.88. The van der Waals surface area contributed by atoms with Gasteiger partial charge in [-0.1, -0.05) is 29.0 Å². The van der Waals surface area contributed by atoms with Gasteiger partial charge in [0.2, 0.25) is 5.91 Å². The number of hydrogen-bond donors (Lipinski definition) is 3. The highest BCUT2D eigenvalue weighted by Gasteiger charge is 2.55. The van der Waals surface area contributed by atoms with E-state index in [2.05, 4.69) is 15.9 Å². The van der Waals surface area contributed by atoms with E-state index in [-0.39, 0.29) is 18.0 Å². The zero-order valence-corrected chi connectivity index (χ0v) is 14.9. The van der Waals surface area contributed by atoms with Crippen LogP contribution in [0.5, 0.6) is 0 Å². The maximum absolute atomic E-state index is 12.3. The van der Waals surface area contributed by atoms with Crippen molar-refractivity contribution in [2.75, 3.05) is 6.54 Å². The van der Waals surface area contributed by atoms with Gasteiger partial charge in [0.05, 0.1) is 0 Å². The maximum atomic E-state index is 12.3. The van der Waals surface area contributed by atoms with E-state index in [1.54, 1.807) is 6.07 Å². The van der Waals surface area contributed by atoms with Gasteiger partial charge in [0, 0.05) is 17.1 Å². The number of benzene rings is 1. The average Bonchev–Trinajstić information content (AvgIpc) is 3.46. The van der Waals surface area contributed by atoms with Crippen LogP contribution in [0.15, 0.2) is 23.4 Å². The molecule has 0 spiro atoms. The fraction of sp³-hybridized carbons (Fsp3) is 0.529. The predicted octanol–water partition coefficient (Wildman–Crippen LogP) is 3.16. The minimum atomic E-state index is -0.475.